The minimum atomic E-state index is -0.0909. The van der Waals surface area contributed by atoms with Crippen molar-refractivity contribution in [1.82, 2.24) is 10.6 Å². The van der Waals surface area contributed by atoms with Gasteiger partial charge in [-0.25, -0.2) is 0 Å². The van der Waals surface area contributed by atoms with E-state index in [2.05, 4.69) is 17.2 Å². The first kappa shape index (κ1) is 11.2. The van der Waals surface area contributed by atoms with E-state index in [1.807, 2.05) is 6.92 Å². The third-order valence-corrected chi connectivity index (χ3v) is 1.44. The summed E-state index contributed by atoms with van der Waals surface area (Å²) in [5.41, 5.74) is 0. The molecule has 0 aromatic heterocycles. The maximum atomic E-state index is 10.3. The molecular formula is C9H18N2O. The predicted molar refractivity (Wildman–Crippen MR) is 51.0 cm³/mol. The fourth-order valence-corrected chi connectivity index (χ4v) is 0.497. The van der Waals surface area contributed by atoms with Gasteiger partial charge in [-0.15, -0.1) is 0 Å². The highest BCUT2D eigenvalue weighted by molar-refractivity contribution is 5.86. The van der Waals surface area contributed by atoms with E-state index in [-0.39, 0.29) is 5.91 Å². The Balaban J connectivity index is 0.000000247. The van der Waals surface area contributed by atoms with Gasteiger partial charge in [0, 0.05) is 6.54 Å². The molecule has 0 spiro atoms. The molecule has 1 fully saturated rings. The van der Waals surface area contributed by atoms with Crippen molar-refractivity contribution in [3.63, 3.8) is 0 Å². The number of hydrogen-bond acceptors (Lipinski definition) is 2. The molecule has 3 nitrogen and oxygen atoms in total. The smallest absolute Gasteiger partial charge is 0.243 e. The Bertz CT molecular complexity index is 126. The Morgan fingerprint density at radius 1 is 1.67 bits per heavy atom. The monoisotopic (exact) mass is 170 g/mol. The maximum absolute atomic E-state index is 10.3. The molecule has 3 heteroatoms. The summed E-state index contributed by atoms with van der Waals surface area (Å²) < 4.78 is 0. The van der Waals surface area contributed by atoms with Crippen LogP contribution in [0.3, 0.4) is 0 Å². The van der Waals surface area contributed by atoms with Crippen molar-refractivity contribution in [3.8, 4) is 0 Å². The topological polar surface area (TPSA) is 41.1 Å². The first-order valence-corrected chi connectivity index (χ1v) is 4.42. The first-order valence-electron chi connectivity index (χ1n) is 4.42. The zero-order chi connectivity index (χ0) is 9.23. The lowest BCUT2D eigenvalue weighted by Gasteiger charge is -2.09. The first-order chi connectivity index (χ1) is 5.81. The van der Waals surface area contributed by atoms with Gasteiger partial charge in [0.15, 0.2) is 0 Å². The summed E-state index contributed by atoms with van der Waals surface area (Å²) in [6, 6.07) is 0. The zero-order valence-corrected chi connectivity index (χ0v) is 7.73. The number of carbonyl (C=O) groups is 1. The quantitative estimate of drug-likeness (QED) is 0.611. The van der Waals surface area contributed by atoms with Gasteiger partial charge in [0.05, 0.1) is 0 Å². The van der Waals surface area contributed by atoms with Crippen molar-refractivity contribution in [3.05, 3.63) is 12.7 Å². The van der Waals surface area contributed by atoms with Gasteiger partial charge in [-0.2, -0.15) is 0 Å². The van der Waals surface area contributed by atoms with Crippen LogP contribution in [0.2, 0.25) is 0 Å². The number of amides is 1. The fourth-order valence-electron chi connectivity index (χ4n) is 0.497. The van der Waals surface area contributed by atoms with Crippen molar-refractivity contribution in [2.75, 3.05) is 19.6 Å². The molecule has 2 N–H and O–H groups in total. The highest BCUT2D eigenvalue weighted by atomic mass is 16.1. The minimum Gasteiger partial charge on any atom is -0.353 e. The fraction of sp³-hybridized carbons (Fsp3) is 0.667. The summed E-state index contributed by atoms with van der Waals surface area (Å²) in [6.07, 6.45) is 3.63. The summed E-state index contributed by atoms with van der Waals surface area (Å²) >= 11 is 0. The standard InChI is InChI=1S/C6H11NO.C3H7N/c1-3-5-7-6(8)4-2;1-2-4-3-1/h4H,2-3,5H2,1H3,(H,7,8);4H,1-3H2. The van der Waals surface area contributed by atoms with Crippen molar-refractivity contribution in [1.29, 1.82) is 0 Å². The van der Waals surface area contributed by atoms with Crippen molar-refractivity contribution in [2.45, 2.75) is 19.8 Å². The van der Waals surface area contributed by atoms with E-state index < -0.39 is 0 Å². The van der Waals surface area contributed by atoms with Crippen LogP contribution >= 0.6 is 0 Å². The molecule has 1 aliphatic heterocycles. The molecule has 12 heavy (non-hydrogen) atoms. The molecule has 0 unspecified atom stereocenters. The second kappa shape index (κ2) is 8.27. The lowest BCUT2D eigenvalue weighted by atomic mass is 10.3. The van der Waals surface area contributed by atoms with Gasteiger partial charge in [0.2, 0.25) is 5.91 Å². The number of carbonyl (C=O) groups excluding carboxylic acids is 1. The molecule has 0 aromatic rings. The Morgan fingerprint density at radius 2 is 2.17 bits per heavy atom. The second-order valence-corrected chi connectivity index (χ2v) is 2.60. The molecule has 1 amide bonds. The summed E-state index contributed by atoms with van der Waals surface area (Å²) in [5, 5.41) is 5.74. The molecule has 0 aliphatic carbocycles. The summed E-state index contributed by atoms with van der Waals surface area (Å²) in [6.45, 7) is 8.55. The SMILES string of the molecule is C1CNC1.C=CC(=O)NCCC. The molecule has 70 valence electrons. The second-order valence-electron chi connectivity index (χ2n) is 2.60. The van der Waals surface area contributed by atoms with E-state index in [0.29, 0.717) is 0 Å². The number of rotatable bonds is 3. The van der Waals surface area contributed by atoms with Crippen LogP contribution in [0.4, 0.5) is 0 Å². The number of hydrogen-bond donors (Lipinski definition) is 2. The predicted octanol–water partition coefficient (Wildman–Crippen LogP) is 0.678. The van der Waals surface area contributed by atoms with Crippen LogP contribution < -0.4 is 10.6 Å². The van der Waals surface area contributed by atoms with Crippen molar-refractivity contribution in [2.24, 2.45) is 0 Å². The van der Waals surface area contributed by atoms with Crippen molar-refractivity contribution >= 4 is 5.91 Å². The van der Waals surface area contributed by atoms with E-state index >= 15 is 0 Å². The molecule has 0 radical (unpaired) electrons. The Morgan fingerprint density at radius 3 is 2.42 bits per heavy atom. The van der Waals surface area contributed by atoms with Crippen LogP contribution in [0.1, 0.15) is 19.8 Å². The van der Waals surface area contributed by atoms with Gasteiger partial charge >= 0.3 is 0 Å². The average molecular weight is 170 g/mol. The Labute approximate surface area is 74.2 Å². The lowest BCUT2D eigenvalue weighted by molar-refractivity contribution is -0.116. The maximum Gasteiger partial charge on any atom is 0.243 e. The number of nitrogens with one attached hydrogen (secondary N) is 2. The van der Waals surface area contributed by atoms with E-state index in [9.17, 15) is 4.79 Å². The van der Waals surface area contributed by atoms with E-state index in [0.717, 1.165) is 13.0 Å². The Kier molecular flexibility index (Phi) is 7.70. The van der Waals surface area contributed by atoms with Crippen LogP contribution in [0.15, 0.2) is 12.7 Å². The molecule has 1 saturated heterocycles. The summed E-state index contributed by atoms with van der Waals surface area (Å²) in [5.74, 6) is -0.0909. The van der Waals surface area contributed by atoms with E-state index in [1.165, 1.54) is 25.6 Å². The van der Waals surface area contributed by atoms with E-state index in [4.69, 9.17) is 0 Å². The van der Waals surface area contributed by atoms with Crippen LogP contribution in [-0.4, -0.2) is 25.5 Å². The molecular weight excluding hydrogens is 152 g/mol. The zero-order valence-electron chi connectivity index (χ0n) is 7.73. The molecule has 0 bridgehead atoms. The van der Waals surface area contributed by atoms with Gasteiger partial charge in [-0.05, 0) is 32.0 Å². The third-order valence-electron chi connectivity index (χ3n) is 1.44. The molecule has 1 aliphatic rings. The highest BCUT2D eigenvalue weighted by Crippen LogP contribution is 1.80. The van der Waals surface area contributed by atoms with Crippen LogP contribution in [-0.2, 0) is 4.79 Å². The molecule has 1 heterocycles. The molecule has 0 atom stereocenters. The molecule has 0 aromatic carbocycles. The summed E-state index contributed by atoms with van der Waals surface area (Å²) in [7, 11) is 0. The third kappa shape index (κ3) is 7.28. The lowest BCUT2D eigenvalue weighted by Crippen LogP contribution is -2.29. The van der Waals surface area contributed by atoms with Crippen LogP contribution in [0.5, 0.6) is 0 Å². The molecule has 1 rings (SSSR count). The average Bonchev–Trinajstić information content (AvgIpc) is 1.97. The van der Waals surface area contributed by atoms with E-state index in [1.54, 1.807) is 0 Å². The van der Waals surface area contributed by atoms with Gasteiger partial charge in [-0.3, -0.25) is 4.79 Å². The molecule has 0 saturated carbocycles. The van der Waals surface area contributed by atoms with Gasteiger partial charge in [-0.1, -0.05) is 13.5 Å². The van der Waals surface area contributed by atoms with Crippen molar-refractivity contribution < 1.29 is 4.79 Å². The van der Waals surface area contributed by atoms with Gasteiger partial charge < -0.3 is 10.6 Å². The minimum absolute atomic E-state index is 0.0909. The van der Waals surface area contributed by atoms with Gasteiger partial charge in [0.25, 0.3) is 0 Å². The van der Waals surface area contributed by atoms with Crippen LogP contribution in [0, 0.1) is 0 Å². The van der Waals surface area contributed by atoms with Crippen LogP contribution in [0.25, 0.3) is 0 Å². The highest BCUT2D eigenvalue weighted by Gasteiger charge is 1.92. The summed E-state index contributed by atoms with van der Waals surface area (Å²) in [4.78, 5) is 10.3. The van der Waals surface area contributed by atoms with Gasteiger partial charge in [0.1, 0.15) is 0 Å². The largest absolute Gasteiger partial charge is 0.353 e. The normalized spacial score (nSPS) is 13.4. The Hall–Kier alpha value is -0.830.